The molecule has 0 aliphatic carbocycles. The zero-order valence-corrected chi connectivity index (χ0v) is 10.5. The average Bonchev–Trinajstić information content (AvgIpc) is 2.80. The first kappa shape index (κ1) is 11.7. The van der Waals surface area contributed by atoms with Gasteiger partial charge in [0.25, 0.3) is 5.92 Å². The van der Waals surface area contributed by atoms with Crippen LogP contribution in [-0.4, -0.2) is 28.7 Å². The van der Waals surface area contributed by atoms with Crippen LogP contribution < -0.4 is 4.90 Å². The van der Waals surface area contributed by atoms with Crippen molar-refractivity contribution in [2.24, 2.45) is 0 Å². The first-order valence-corrected chi connectivity index (χ1v) is 6.13. The van der Waals surface area contributed by atoms with Crippen LogP contribution in [0.4, 0.5) is 14.6 Å². The minimum atomic E-state index is -2.66. The van der Waals surface area contributed by atoms with Gasteiger partial charge >= 0.3 is 0 Å². The molecule has 1 fully saturated rings. The molecule has 18 heavy (non-hydrogen) atoms. The van der Waals surface area contributed by atoms with Crippen molar-refractivity contribution in [3.63, 3.8) is 0 Å². The Labute approximate surface area is 108 Å². The van der Waals surface area contributed by atoms with E-state index in [0.717, 1.165) is 5.52 Å². The fourth-order valence-corrected chi connectivity index (χ4v) is 2.78. The molecular formula is C12H12ClF2N3. The lowest BCUT2D eigenvalue weighted by Gasteiger charge is -2.20. The number of aromatic amines is 1. The molecule has 0 bridgehead atoms. The van der Waals surface area contributed by atoms with Gasteiger partial charge in [0.05, 0.1) is 22.5 Å². The predicted molar refractivity (Wildman–Crippen MR) is 67.5 cm³/mol. The number of nitrogens with one attached hydrogen (secondary N) is 1. The van der Waals surface area contributed by atoms with Gasteiger partial charge in [-0.1, -0.05) is 17.7 Å². The van der Waals surface area contributed by atoms with Gasteiger partial charge in [-0.3, -0.25) is 5.10 Å². The minimum absolute atomic E-state index is 0.147. The van der Waals surface area contributed by atoms with Crippen molar-refractivity contribution in [3.05, 3.63) is 23.2 Å². The number of halogens is 3. The summed E-state index contributed by atoms with van der Waals surface area (Å²) >= 11 is 6.13. The Balaban J connectivity index is 2.10. The molecule has 1 aliphatic heterocycles. The molecule has 6 heteroatoms. The Morgan fingerprint density at radius 1 is 1.50 bits per heavy atom. The lowest BCUT2D eigenvalue weighted by Crippen LogP contribution is -2.29. The third kappa shape index (κ3) is 1.73. The van der Waals surface area contributed by atoms with Crippen LogP contribution in [0.1, 0.15) is 13.3 Å². The summed E-state index contributed by atoms with van der Waals surface area (Å²) in [6.45, 7) is 1.47. The van der Waals surface area contributed by atoms with Gasteiger partial charge in [-0.2, -0.15) is 5.10 Å². The molecular weight excluding hydrogens is 260 g/mol. The van der Waals surface area contributed by atoms with E-state index in [1.165, 1.54) is 0 Å². The summed E-state index contributed by atoms with van der Waals surface area (Å²) in [6.07, 6.45) is -0.147. The number of hydrogen-bond donors (Lipinski definition) is 1. The van der Waals surface area contributed by atoms with E-state index >= 15 is 0 Å². The summed E-state index contributed by atoms with van der Waals surface area (Å²) in [5.74, 6) is -2.15. The maximum atomic E-state index is 13.4. The molecule has 3 rings (SSSR count). The van der Waals surface area contributed by atoms with E-state index in [1.807, 2.05) is 6.07 Å². The van der Waals surface area contributed by atoms with Crippen LogP contribution in [0.15, 0.2) is 18.2 Å². The third-order valence-electron chi connectivity index (χ3n) is 3.32. The molecule has 1 saturated heterocycles. The van der Waals surface area contributed by atoms with E-state index in [9.17, 15) is 8.78 Å². The zero-order valence-electron chi connectivity index (χ0n) is 9.75. The molecule has 2 heterocycles. The molecule has 0 radical (unpaired) electrons. The second kappa shape index (κ2) is 3.82. The summed E-state index contributed by atoms with van der Waals surface area (Å²) in [6, 6.07) is 5.12. The Bertz CT molecular complexity index is 596. The zero-order chi connectivity index (χ0) is 12.9. The first-order chi connectivity index (χ1) is 8.48. The third-order valence-corrected chi connectivity index (χ3v) is 3.63. The van der Waals surface area contributed by atoms with E-state index in [1.54, 1.807) is 24.0 Å². The van der Waals surface area contributed by atoms with Gasteiger partial charge in [0.1, 0.15) is 0 Å². The Morgan fingerprint density at radius 3 is 2.94 bits per heavy atom. The molecule has 1 N–H and O–H groups in total. The number of fused-ring (bicyclic) bond motifs is 1. The highest BCUT2D eigenvalue weighted by atomic mass is 35.5. The molecule has 3 nitrogen and oxygen atoms in total. The number of aromatic nitrogens is 2. The molecule has 0 amide bonds. The van der Waals surface area contributed by atoms with Crippen LogP contribution in [0.25, 0.3) is 10.9 Å². The summed E-state index contributed by atoms with van der Waals surface area (Å²) in [4.78, 5) is 1.62. The van der Waals surface area contributed by atoms with Gasteiger partial charge in [0.15, 0.2) is 5.82 Å². The number of alkyl halides is 2. The summed E-state index contributed by atoms with van der Waals surface area (Å²) in [5.41, 5.74) is 0.764. The fraction of sp³-hybridized carbons (Fsp3) is 0.417. The number of nitrogens with zero attached hydrogens (tertiary/aromatic N) is 2. The lowest BCUT2D eigenvalue weighted by molar-refractivity contribution is 0.0229. The van der Waals surface area contributed by atoms with Gasteiger partial charge in [0, 0.05) is 12.5 Å². The molecule has 0 saturated carbocycles. The minimum Gasteiger partial charge on any atom is -0.346 e. The number of anilines is 1. The van der Waals surface area contributed by atoms with E-state index in [0.29, 0.717) is 16.2 Å². The Morgan fingerprint density at radius 2 is 2.28 bits per heavy atom. The number of rotatable bonds is 1. The van der Waals surface area contributed by atoms with Crippen molar-refractivity contribution < 1.29 is 8.78 Å². The van der Waals surface area contributed by atoms with Crippen LogP contribution in [0.5, 0.6) is 0 Å². The highest BCUT2D eigenvalue weighted by Gasteiger charge is 2.44. The van der Waals surface area contributed by atoms with Crippen LogP contribution in [0.2, 0.25) is 5.02 Å². The number of hydrogen-bond acceptors (Lipinski definition) is 2. The Kier molecular flexibility index (Phi) is 2.48. The topological polar surface area (TPSA) is 31.9 Å². The Hall–Kier alpha value is -1.36. The van der Waals surface area contributed by atoms with Crippen molar-refractivity contribution in [1.29, 1.82) is 0 Å². The van der Waals surface area contributed by atoms with Crippen molar-refractivity contribution >= 4 is 28.3 Å². The number of benzene rings is 1. The summed E-state index contributed by atoms with van der Waals surface area (Å²) in [5, 5.41) is 8.21. The van der Waals surface area contributed by atoms with E-state index in [2.05, 4.69) is 10.2 Å². The molecule has 1 aromatic carbocycles. The molecule has 1 aromatic heterocycles. The second-order valence-electron chi connectivity index (χ2n) is 4.75. The van der Waals surface area contributed by atoms with Gasteiger partial charge in [-0.05, 0) is 19.1 Å². The normalized spacial score (nSPS) is 22.9. The second-order valence-corrected chi connectivity index (χ2v) is 5.15. The first-order valence-electron chi connectivity index (χ1n) is 5.75. The van der Waals surface area contributed by atoms with Crippen LogP contribution >= 0.6 is 11.6 Å². The maximum absolute atomic E-state index is 13.4. The SMILES string of the molecule is C[C@H]1CC(F)(F)CN1c1n[nH]c2cccc(Cl)c12. The fourth-order valence-electron chi connectivity index (χ4n) is 2.52. The molecule has 96 valence electrons. The summed E-state index contributed by atoms with van der Waals surface area (Å²) in [7, 11) is 0. The van der Waals surface area contributed by atoms with Crippen LogP contribution in [0, 0.1) is 0 Å². The summed E-state index contributed by atoms with van der Waals surface area (Å²) < 4.78 is 26.8. The van der Waals surface area contributed by atoms with Crippen molar-refractivity contribution in [2.75, 3.05) is 11.4 Å². The van der Waals surface area contributed by atoms with Gasteiger partial charge in [0.2, 0.25) is 0 Å². The maximum Gasteiger partial charge on any atom is 0.267 e. The van der Waals surface area contributed by atoms with E-state index in [-0.39, 0.29) is 19.0 Å². The monoisotopic (exact) mass is 271 g/mol. The van der Waals surface area contributed by atoms with E-state index in [4.69, 9.17) is 11.6 Å². The highest BCUT2D eigenvalue weighted by Crippen LogP contribution is 2.39. The average molecular weight is 272 g/mol. The quantitative estimate of drug-likeness (QED) is 0.861. The van der Waals surface area contributed by atoms with Crippen molar-refractivity contribution in [2.45, 2.75) is 25.3 Å². The lowest BCUT2D eigenvalue weighted by atomic mass is 10.2. The smallest absolute Gasteiger partial charge is 0.267 e. The standard InChI is InChI=1S/C12H12ClF2N3/c1-7-5-12(14,15)6-18(7)11-10-8(13)3-2-4-9(10)16-17-11/h2-4,7H,5-6H2,1H3,(H,16,17)/t7-/m0/s1. The molecule has 1 aliphatic rings. The van der Waals surface area contributed by atoms with Crippen LogP contribution in [0.3, 0.4) is 0 Å². The van der Waals surface area contributed by atoms with Gasteiger partial charge < -0.3 is 4.90 Å². The van der Waals surface area contributed by atoms with Gasteiger partial charge in [-0.15, -0.1) is 0 Å². The van der Waals surface area contributed by atoms with Crippen LogP contribution in [-0.2, 0) is 0 Å². The van der Waals surface area contributed by atoms with Gasteiger partial charge in [-0.25, -0.2) is 8.78 Å². The molecule has 0 spiro atoms. The van der Waals surface area contributed by atoms with E-state index < -0.39 is 5.92 Å². The predicted octanol–water partition coefficient (Wildman–Crippen LogP) is 3.45. The highest BCUT2D eigenvalue weighted by molar-refractivity contribution is 6.36. The van der Waals surface area contributed by atoms with Crippen molar-refractivity contribution in [3.8, 4) is 0 Å². The molecule has 1 atom stereocenters. The number of H-pyrrole nitrogens is 1. The molecule has 2 aromatic rings. The largest absolute Gasteiger partial charge is 0.346 e. The molecule has 0 unspecified atom stereocenters. The van der Waals surface area contributed by atoms with Crippen molar-refractivity contribution in [1.82, 2.24) is 10.2 Å².